The molecular formula is C25H31Cl2FN4O2. The SMILES string of the molecule is CC(Oc1cc(-c2cnn(CC3CCOCC3)c2)cnc1N)c1c(Cl)ccc(F)c1Cl.CCC. The number of hydrogen-bond donors (Lipinski definition) is 1. The largest absolute Gasteiger partial charge is 0.482 e. The molecule has 1 aromatic carbocycles. The van der Waals surface area contributed by atoms with Crippen molar-refractivity contribution in [3.63, 3.8) is 0 Å². The first-order chi connectivity index (χ1) is 16.3. The Morgan fingerprint density at radius 2 is 1.91 bits per heavy atom. The molecule has 0 radical (unpaired) electrons. The Hall–Kier alpha value is -2.35. The zero-order chi connectivity index (χ0) is 24.7. The molecule has 6 nitrogen and oxygen atoms in total. The van der Waals surface area contributed by atoms with Crippen LogP contribution >= 0.6 is 23.2 Å². The van der Waals surface area contributed by atoms with E-state index in [4.69, 9.17) is 38.4 Å². The summed E-state index contributed by atoms with van der Waals surface area (Å²) in [5.41, 5.74) is 8.09. The fourth-order valence-electron chi connectivity index (χ4n) is 3.68. The lowest BCUT2D eigenvalue weighted by Crippen LogP contribution is -2.20. The van der Waals surface area contributed by atoms with Gasteiger partial charge in [-0.3, -0.25) is 4.68 Å². The average Bonchev–Trinajstić information content (AvgIpc) is 3.28. The van der Waals surface area contributed by atoms with Gasteiger partial charge in [-0.1, -0.05) is 43.5 Å². The van der Waals surface area contributed by atoms with Crippen LogP contribution < -0.4 is 10.5 Å². The molecule has 1 aliphatic rings. The molecule has 9 heteroatoms. The lowest BCUT2D eigenvalue weighted by molar-refractivity contribution is 0.0601. The van der Waals surface area contributed by atoms with Gasteiger partial charge in [-0.05, 0) is 43.9 Å². The van der Waals surface area contributed by atoms with Crippen LogP contribution in [0.4, 0.5) is 10.2 Å². The number of hydrogen-bond acceptors (Lipinski definition) is 5. The second-order valence-corrected chi connectivity index (χ2v) is 9.12. The van der Waals surface area contributed by atoms with E-state index >= 15 is 0 Å². The minimum atomic E-state index is -0.633. The topological polar surface area (TPSA) is 75.2 Å². The molecule has 0 saturated carbocycles. The van der Waals surface area contributed by atoms with E-state index in [1.807, 2.05) is 10.9 Å². The highest BCUT2D eigenvalue weighted by Crippen LogP contribution is 2.37. The minimum Gasteiger partial charge on any atom is -0.482 e. The summed E-state index contributed by atoms with van der Waals surface area (Å²) >= 11 is 12.3. The van der Waals surface area contributed by atoms with Gasteiger partial charge in [-0.2, -0.15) is 5.10 Å². The summed E-state index contributed by atoms with van der Waals surface area (Å²) in [4.78, 5) is 4.25. The number of ether oxygens (including phenoxy) is 2. The predicted molar refractivity (Wildman–Crippen MR) is 135 cm³/mol. The van der Waals surface area contributed by atoms with E-state index in [2.05, 4.69) is 23.9 Å². The third kappa shape index (κ3) is 6.62. The Morgan fingerprint density at radius 3 is 2.62 bits per heavy atom. The van der Waals surface area contributed by atoms with E-state index in [1.54, 1.807) is 25.4 Å². The minimum absolute atomic E-state index is 0.0722. The van der Waals surface area contributed by atoms with Crippen LogP contribution in [-0.4, -0.2) is 28.0 Å². The lowest BCUT2D eigenvalue weighted by Gasteiger charge is -2.21. The van der Waals surface area contributed by atoms with Crippen molar-refractivity contribution in [3.8, 4) is 16.9 Å². The maximum Gasteiger partial charge on any atom is 0.166 e. The van der Waals surface area contributed by atoms with Gasteiger partial charge in [0.1, 0.15) is 11.9 Å². The molecule has 3 heterocycles. The molecule has 0 aliphatic carbocycles. The number of nitrogen functional groups attached to an aromatic ring is 1. The molecule has 184 valence electrons. The highest BCUT2D eigenvalue weighted by atomic mass is 35.5. The Balaban J connectivity index is 0.00000103. The Bertz CT molecular complexity index is 1090. The zero-order valence-corrected chi connectivity index (χ0v) is 21.2. The van der Waals surface area contributed by atoms with Crippen molar-refractivity contribution in [3.05, 3.63) is 58.2 Å². The van der Waals surface area contributed by atoms with Gasteiger partial charge in [-0.15, -0.1) is 0 Å². The third-order valence-corrected chi connectivity index (χ3v) is 6.14. The number of nitrogens with zero attached hydrogens (tertiary/aromatic N) is 3. The summed E-state index contributed by atoms with van der Waals surface area (Å²) in [6, 6.07) is 4.45. The normalized spacial score (nSPS) is 14.9. The van der Waals surface area contributed by atoms with Crippen LogP contribution in [0.1, 0.15) is 51.7 Å². The standard InChI is InChI=1S/C22H23Cl2FN4O2.C3H8/c1-13(20-17(23)2-3-18(25)21(20)24)31-19-8-15(9-27-22(19)26)16-10-28-29(12-16)11-14-4-6-30-7-5-14;1-3-2/h2-3,8-10,12-14H,4-7,11H2,1H3,(H2,26,27);3H2,1-2H3. The van der Waals surface area contributed by atoms with Gasteiger partial charge in [0.15, 0.2) is 11.6 Å². The molecule has 1 fully saturated rings. The second kappa shape index (κ2) is 12.4. The van der Waals surface area contributed by atoms with E-state index in [0.717, 1.165) is 43.7 Å². The van der Waals surface area contributed by atoms with Crippen LogP contribution in [0.5, 0.6) is 5.75 Å². The van der Waals surface area contributed by atoms with Gasteiger partial charge in [0, 0.05) is 53.9 Å². The molecule has 4 rings (SSSR count). The van der Waals surface area contributed by atoms with Gasteiger partial charge in [0.25, 0.3) is 0 Å². The fourth-order valence-corrected chi connectivity index (χ4v) is 4.36. The Kier molecular flexibility index (Phi) is 9.56. The summed E-state index contributed by atoms with van der Waals surface area (Å²) in [5, 5.41) is 4.72. The quantitative estimate of drug-likeness (QED) is 0.364. The second-order valence-electron chi connectivity index (χ2n) is 8.34. The van der Waals surface area contributed by atoms with Crippen molar-refractivity contribution < 1.29 is 13.9 Å². The number of anilines is 1. The molecule has 1 unspecified atom stereocenters. The summed E-state index contributed by atoms with van der Waals surface area (Å²) < 4.78 is 27.2. The molecular weight excluding hydrogens is 478 g/mol. The Morgan fingerprint density at radius 1 is 1.21 bits per heavy atom. The highest BCUT2D eigenvalue weighted by Gasteiger charge is 2.20. The van der Waals surface area contributed by atoms with Crippen molar-refractivity contribution in [2.24, 2.45) is 5.92 Å². The molecule has 34 heavy (non-hydrogen) atoms. The first-order valence-electron chi connectivity index (χ1n) is 11.5. The van der Waals surface area contributed by atoms with Crippen molar-refractivity contribution in [1.82, 2.24) is 14.8 Å². The number of rotatable bonds is 6. The first-order valence-corrected chi connectivity index (χ1v) is 12.3. The van der Waals surface area contributed by atoms with Gasteiger partial charge in [0.2, 0.25) is 0 Å². The van der Waals surface area contributed by atoms with Gasteiger partial charge < -0.3 is 15.2 Å². The van der Waals surface area contributed by atoms with Crippen LogP contribution in [0.15, 0.2) is 36.8 Å². The van der Waals surface area contributed by atoms with Crippen LogP contribution in [0.3, 0.4) is 0 Å². The molecule has 1 saturated heterocycles. The fraction of sp³-hybridized carbons (Fsp3) is 0.440. The van der Waals surface area contributed by atoms with E-state index in [0.29, 0.717) is 22.3 Å². The van der Waals surface area contributed by atoms with Crippen molar-refractivity contribution in [2.45, 2.75) is 52.7 Å². The predicted octanol–water partition coefficient (Wildman–Crippen LogP) is 6.96. The number of pyridine rings is 1. The number of aromatic nitrogens is 3. The van der Waals surface area contributed by atoms with Crippen LogP contribution in [0, 0.1) is 11.7 Å². The smallest absolute Gasteiger partial charge is 0.166 e. The van der Waals surface area contributed by atoms with E-state index in [1.165, 1.54) is 18.6 Å². The molecule has 1 atom stereocenters. The van der Waals surface area contributed by atoms with E-state index < -0.39 is 11.9 Å². The molecule has 1 aliphatic heterocycles. The zero-order valence-electron chi connectivity index (χ0n) is 19.7. The average molecular weight is 509 g/mol. The van der Waals surface area contributed by atoms with Crippen LogP contribution in [0.2, 0.25) is 10.0 Å². The molecule has 2 aromatic heterocycles. The van der Waals surface area contributed by atoms with Gasteiger partial charge in [0.05, 0.1) is 11.2 Å². The number of nitrogens with two attached hydrogens (primary N) is 1. The van der Waals surface area contributed by atoms with Crippen LogP contribution in [0.25, 0.3) is 11.1 Å². The highest BCUT2D eigenvalue weighted by molar-refractivity contribution is 6.36. The van der Waals surface area contributed by atoms with E-state index in [-0.39, 0.29) is 10.8 Å². The molecule has 0 amide bonds. The van der Waals surface area contributed by atoms with Crippen molar-refractivity contribution in [1.29, 1.82) is 0 Å². The summed E-state index contributed by atoms with van der Waals surface area (Å²) in [6.07, 6.45) is 8.15. The monoisotopic (exact) mass is 508 g/mol. The van der Waals surface area contributed by atoms with E-state index in [9.17, 15) is 4.39 Å². The molecule has 3 aromatic rings. The van der Waals surface area contributed by atoms with Gasteiger partial charge >= 0.3 is 0 Å². The summed E-state index contributed by atoms with van der Waals surface area (Å²) in [7, 11) is 0. The summed E-state index contributed by atoms with van der Waals surface area (Å²) in [6.45, 7) is 8.44. The Labute approximate surface area is 210 Å². The third-order valence-electron chi connectivity index (χ3n) is 5.42. The number of benzene rings is 1. The van der Waals surface area contributed by atoms with Crippen LogP contribution in [-0.2, 0) is 11.3 Å². The molecule has 2 N–H and O–H groups in total. The molecule has 0 bridgehead atoms. The maximum atomic E-state index is 13.9. The van der Waals surface area contributed by atoms with Crippen molar-refractivity contribution >= 4 is 29.0 Å². The summed E-state index contributed by atoms with van der Waals surface area (Å²) in [5.74, 6) is 0.576. The maximum absolute atomic E-state index is 13.9. The lowest BCUT2D eigenvalue weighted by atomic mass is 10.0. The first kappa shape index (κ1) is 26.3. The van der Waals surface area contributed by atoms with Gasteiger partial charge in [-0.25, -0.2) is 9.37 Å². The molecule has 0 spiro atoms. The van der Waals surface area contributed by atoms with Crippen molar-refractivity contribution in [2.75, 3.05) is 18.9 Å². The number of halogens is 3.